The summed E-state index contributed by atoms with van der Waals surface area (Å²) < 4.78 is 11.3. The summed E-state index contributed by atoms with van der Waals surface area (Å²) in [6.45, 7) is 0. The van der Waals surface area contributed by atoms with E-state index >= 15 is 0 Å². The van der Waals surface area contributed by atoms with Crippen LogP contribution in [0.15, 0.2) is 39.2 Å². The SMILES string of the molecule is Ic1nnc(-c2cc3ccccc3o2)o1. The van der Waals surface area contributed by atoms with Crippen LogP contribution in [0.5, 0.6) is 0 Å². The fourth-order valence-corrected chi connectivity index (χ4v) is 1.71. The van der Waals surface area contributed by atoms with Crippen LogP contribution in [-0.2, 0) is 0 Å². The van der Waals surface area contributed by atoms with E-state index in [9.17, 15) is 0 Å². The topological polar surface area (TPSA) is 52.1 Å². The van der Waals surface area contributed by atoms with Crippen LogP contribution in [0, 0.1) is 3.90 Å². The van der Waals surface area contributed by atoms with Crippen molar-refractivity contribution in [3.63, 3.8) is 0 Å². The second-order valence-electron chi connectivity index (χ2n) is 3.01. The van der Waals surface area contributed by atoms with Crippen molar-refractivity contribution in [3.8, 4) is 11.7 Å². The number of para-hydroxylation sites is 1. The highest BCUT2D eigenvalue weighted by molar-refractivity contribution is 14.1. The van der Waals surface area contributed by atoms with Gasteiger partial charge in [-0.25, -0.2) is 0 Å². The van der Waals surface area contributed by atoms with Crippen LogP contribution in [0.2, 0.25) is 0 Å². The molecule has 0 aliphatic heterocycles. The Morgan fingerprint density at radius 1 is 1.07 bits per heavy atom. The first-order valence-corrected chi connectivity index (χ1v) is 5.39. The third-order valence-electron chi connectivity index (χ3n) is 2.04. The first kappa shape index (κ1) is 8.90. The number of aromatic nitrogens is 2. The Morgan fingerprint density at radius 2 is 1.93 bits per heavy atom. The largest absolute Gasteiger partial charge is 0.451 e. The van der Waals surface area contributed by atoms with Crippen LogP contribution in [0.1, 0.15) is 0 Å². The van der Waals surface area contributed by atoms with E-state index in [1.54, 1.807) is 0 Å². The van der Waals surface area contributed by atoms with E-state index in [1.165, 1.54) is 0 Å². The van der Waals surface area contributed by atoms with Crippen molar-refractivity contribution >= 4 is 33.6 Å². The van der Waals surface area contributed by atoms with Crippen LogP contribution in [-0.4, -0.2) is 10.2 Å². The summed E-state index contributed by atoms with van der Waals surface area (Å²) in [5.74, 6) is 1.02. The van der Waals surface area contributed by atoms with Gasteiger partial charge >= 0.3 is 0 Å². The molecule has 0 saturated carbocycles. The van der Waals surface area contributed by atoms with Crippen LogP contribution >= 0.6 is 22.6 Å². The van der Waals surface area contributed by atoms with Crippen LogP contribution in [0.4, 0.5) is 0 Å². The number of benzene rings is 1. The minimum absolute atomic E-state index is 0.413. The van der Waals surface area contributed by atoms with E-state index in [0.29, 0.717) is 15.5 Å². The molecule has 0 radical (unpaired) electrons. The molecule has 74 valence electrons. The molecule has 1 aromatic carbocycles. The molecule has 0 bridgehead atoms. The van der Waals surface area contributed by atoms with E-state index in [0.717, 1.165) is 11.0 Å². The minimum atomic E-state index is 0.413. The Labute approximate surface area is 98.4 Å². The Kier molecular flexibility index (Phi) is 1.98. The van der Waals surface area contributed by atoms with E-state index in [-0.39, 0.29) is 0 Å². The van der Waals surface area contributed by atoms with Gasteiger partial charge in [-0.1, -0.05) is 18.2 Å². The van der Waals surface area contributed by atoms with Gasteiger partial charge in [0.15, 0.2) is 5.76 Å². The average molecular weight is 312 g/mol. The quantitative estimate of drug-likeness (QED) is 0.648. The molecule has 0 N–H and O–H groups in total. The standard InChI is InChI=1S/C10H5IN2O2/c11-10-13-12-9(15-10)8-5-6-3-1-2-4-7(6)14-8/h1-5H. The fraction of sp³-hybridized carbons (Fsp3) is 0. The third-order valence-corrected chi connectivity index (χ3v) is 2.47. The first-order chi connectivity index (χ1) is 7.33. The van der Waals surface area contributed by atoms with Crippen molar-refractivity contribution in [1.29, 1.82) is 0 Å². The Hall–Kier alpha value is -1.37. The van der Waals surface area contributed by atoms with Gasteiger partial charge in [-0.2, -0.15) is 0 Å². The average Bonchev–Trinajstić information content (AvgIpc) is 2.82. The zero-order valence-corrected chi connectivity index (χ0v) is 9.63. The van der Waals surface area contributed by atoms with E-state index in [1.807, 2.05) is 52.9 Å². The number of nitrogens with zero attached hydrogens (tertiary/aromatic N) is 2. The molecule has 0 aliphatic carbocycles. The molecule has 3 aromatic rings. The van der Waals surface area contributed by atoms with Gasteiger partial charge in [0.1, 0.15) is 5.58 Å². The lowest BCUT2D eigenvalue weighted by Crippen LogP contribution is -1.71. The lowest BCUT2D eigenvalue weighted by Gasteiger charge is -1.84. The summed E-state index contributed by atoms with van der Waals surface area (Å²) in [5.41, 5.74) is 0.820. The molecular weight excluding hydrogens is 307 g/mol. The van der Waals surface area contributed by atoms with E-state index in [2.05, 4.69) is 10.2 Å². The maximum absolute atomic E-state index is 5.57. The number of rotatable bonds is 1. The molecule has 0 saturated heterocycles. The molecule has 0 atom stereocenters. The molecular formula is C10H5IN2O2. The highest BCUT2D eigenvalue weighted by atomic mass is 127. The van der Waals surface area contributed by atoms with Gasteiger partial charge < -0.3 is 8.83 Å². The Bertz CT molecular complexity index is 581. The van der Waals surface area contributed by atoms with E-state index in [4.69, 9.17) is 8.83 Å². The van der Waals surface area contributed by atoms with Crippen molar-refractivity contribution in [2.75, 3.05) is 0 Å². The van der Waals surface area contributed by atoms with Crippen molar-refractivity contribution in [3.05, 3.63) is 34.2 Å². The van der Waals surface area contributed by atoms with Crippen molar-refractivity contribution in [2.24, 2.45) is 0 Å². The normalized spacial score (nSPS) is 11.0. The maximum atomic E-state index is 5.57. The third kappa shape index (κ3) is 1.52. The molecule has 0 spiro atoms. The number of halogens is 1. The van der Waals surface area contributed by atoms with Gasteiger partial charge in [0.25, 0.3) is 9.79 Å². The molecule has 0 unspecified atom stereocenters. The van der Waals surface area contributed by atoms with E-state index < -0.39 is 0 Å². The lowest BCUT2D eigenvalue weighted by molar-refractivity contribution is 0.510. The van der Waals surface area contributed by atoms with Crippen LogP contribution in [0.3, 0.4) is 0 Å². The predicted molar refractivity (Wildman–Crippen MR) is 62.2 cm³/mol. The zero-order valence-electron chi connectivity index (χ0n) is 7.48. The summed E-state index contributed by atoms with van der Waals surface area (Å²) in [6, 6.07) is 9.65. The molecule has 2 aromatic heterocycles. The molecule has 0 fully saturated rings. The predicted octanol–water partition coefficient (Wildman–Crippen LogP) is 3.09. The summed E-state index contributed by atoms with van der Waals surface area (Å²) in [5, 5.41) is 8.66. The van der Waals surface area contributed by atoms with Crippen LogP contribution < -0.4 is 0 Å². The molecule has 0 aliphatic rings. The maximum Gasteiger partial charge on any atom is 0.284 e. The summed E-state index contributed by atoms with van der Waals surface area (Å²) in [7, 11) is 0. The number of hydrogen-bond acceptors (Lipinski definition) is 4. The van der Waals surface area contributed by atoms with Gasteiger partial charge in [-0.15, -0.1) is 10.2 Å². The minimum Gasteiger partial charge on any atom is -0.451 e. The summed E-state index contributed by atoms with van der Waals surface area (Å²) in [6.07, 6.45) is 0. The number of hydrogen-bond donors (Lipinski definition) is 0. The number of fused-ring (bicyclic) bond motifs is 1. The Morgan fingerprint density at radius 3 is 2.67 bits per heavy atom. The molecule has 4 nitrogen and oxygen atoms in total. The zero-order chi connectivity index (χ0) is 10.3. The van der Waals surface area contributed by atoms with Crippen molar-refractivity contribution < 1.29 is 8.83 Å². The summed E-state index contributed by atoms with van der Waals surface area (Å²) >= 11 is 1.96. The molecule has 3 rings (SSSR count). The van der Waals surface area contributed by atoms with Crippen molar-refractivity contribution in [1.82, 2.24) is 10.2 Å². The number of furan rings is 1. The second kappa shape index (κ2) is 3.34. The highest BCUT2D eigenvalue weighted by Gasteiger charge is 2.11. The Balaban J connectivity index is 2.19. The molecule has 5 heteroatoms. The van der Waals surface area contributed by atoms with Gasteiger partial charge in [0, 0.05) is 28.0 Å². The first-order valence-electron chi connectivity index (χ1n) is 4.31. The van der Waals surface area contributed by atoms with Crippen molar-refractivity contribution in [2.45, 2.75) is 0 Å². The smallest absolute Gasteiger partial charge is 0.284 e. The lowest BCUT2D eigenvalue weighted by atomic mass is 10.2. The highest BCUT2D eigenvalue weighted by Crippen LogP contribution is 2.26. The van der Waals surface area contributed by atoms with Gasteiger partial charge in [0.2, 0.25) is 0 Å². The molecule has 0 amide bonds. The molecule has 15 heavy (non-hydrogen) atoms. The fourth-order valence-electron chi connectivity index (χ4n) is 1.39. The second-order valence-corrected chi connectivity index (χ2v) is 3.93. The molecule has 2 heterocycles. The van der Waals surface area contributed by atoms with Gasteiger partial charge in [-0.05, 0) is 12.1 Å². The van der Waals surface area contributed by atoms with Crippen LogP contribution in [0.25, 0.3) is 22.6 Å². The van der Waals surface area contributed by atoms with Gasteiger partial charge in [-0.3, -0.25) is 0 Å². The van der Waals surface area contributed by atoms with Gasteiger partial charge in [0.05, 0.1) is 0 Å². The summed E-state index contributed by atoms with van der Waals surface area (Å²) in [4.78, 5) is 0. The monoisotopic (exact) mass is 312 g/mol.